The Morgan fingerprint density at radius 2 is 1.91 bits per heavy atom. The van der Waals surface area contributed by atoms with E-state index in [0.717, 1.165) is 5.56 Å². The number of aliphatic hydroxyl groups is 1. The summed E-state index contributed by atoms with van der Waals surface area (Å²) in [6.07, 6.45) is -0.121. The van der Waals surface area contributed by atoms with Gasteiger partial charge < -0.3 is 9.84 Å². The van der Waals surface area contributed by atoms with E-state index in [1.165, 1.54) is 5.56 Å². The van der Waals surface area contributed by atoms with E-state index in [4.69, 9.17) is 4.74 Å². The van der Waals surface area contributed by atoms with E-state index in [2.05, 4.69) is 0 Å². The lowest BCUT2D eigenvalue weighted by molar-refractivity contribution is 0.134. The van der Waals surface area contributed by atoms with Gasteiger partial charge in [0.1, 0.15) is 18.3 Å². The fourth-order valence-corrected chi connectivity index (χ4v) is 1.83. The van der Waals surface area contributed by atoms with E-state index in [-0.39, 0.29) is 18.3 Å². The first-order chi connectivity index (χ1) is 5.38. The van der Waals surface area contributed by atoms with Crippen molar-refractivity contribution in [1.29, 1.82) is 0 Å². The Kier molecular flexibility index (Phi) is 0.864. The maximum atomic E-state index is 9.57. The molecule has 56 valence electrons. The molecule has 0 bridgehead atoms. The van der Waals surface area contributed by atoms with Gasteiger partial charge in [-0.15, -0.1) is 0 Å². The van der Waals surface area contributed by atoms with Crippen molar-refractivity contribution in [3.8, 4) is 0 Å². The fraction of sp³-hybridized carbons (Fsp3) is 0.333. The predicted molar refractivity (Wildman–Crippen MR) is 39.0 cm³/mol. The highest BCUT2D eigenvalue weighted by Crippen LogP contribution is 2.54. The molecule has 0 spiro atoms. The normalized spacial score (nSPS) is 38.1. The van der Waals surface area contributed by atoms with Gasteiger partial charge in [0.05, 0.1) is 0 Å². The van der Waals surface area contributed by atoms with Gasteiger partial charge in [-0.05, 0) is 11.1 Å². The number of hydrogen-bond acceptors (Lipinski definition) is 2. The molecule has 3 unspecified atom stereocenters. The van der Waals surface area contributed by atoms with Crippen LogP contribution in [0.15, 0.2) is 24.3 Å². The summed E-state index contributed by atoms with van der Waals surface area (Å²) in [5, 5.41) is 9.57. The Hall–Kier alpha value is -0.860. The van der Waals surface area contributed by atoms with Crippen LogP contribution in [-0.2, 0) is 4.74 Å². The minimum absolute atomic E-state index is 0.0624. The lowest BCUT2D eigenvalue weighted by Gasteiger charge is -2.05. The summed E-state index contributed by atoms with van der Waals surface area (Å²) in [5.41, 5.74) is 2.22. The lowest BCUT2D eigenvalue weighted by Crippen LogP contribution is -1.99. The zero-order valence-electron chi connectivity index (χ0n) is 5.90. The van der Waals surface area contributed by atoms with E-state index in [1.54, 1.807) is 0 Å². The third kappa shape index (κ3) is 0.588. The van der Waals surface area contributed by atoms with Crippen LogP contribution < -0.4 is 0 Å². The monoisotopic (exact) mass is 148 g/mol. The Morgan fingerprint density at radius 3 is 2.64 bits per heavy atom. The van der Waals surface area contributed by atoms with Gasteiger partial charge in [-0.2, -0.15) is 0 Å². The Bertz CT molecular complexity index is 293. The van der Waals surface area contributed by atoms with Crippen molar-refractivity contribution < 1.29 is 9.84 Å². The van der Waals surface area contributed by atoms with Gasteiger partial charge >= 0.3 is 0 Å². The van der Waals surface area contributed by atoms with E-state index < -0.39 is 0 Å². The van der Waals surface area contributed by atoms with Crippen molar-refractivity contribution in [1.82, 2.24) is 0 Å². The van der Waals surface area contributed by atoms with Crippen molar-refractivity contribution in [2.45, 2.75) is 18.3 Å². The number of epoxide rings is 1. The summed E-state index contributed by atoms with van der Waals surface area (Å²) in [6, 6.07) is 7.92. The van der Waals surface area contributed by atoms with E-state index in [9.17, 15) is 5.11 Å². The topological polar surface area (TPSA) is 32.8 Å². The molecular formula is C9H8O2. The number of rotatable bonds is 0. The maximum absolute atomic E-state index is 9.57. The van der Waals surface area contributed by atoms with Gasteiger partial charge in [-0.1, -0.05) is 24.3 Å². The van der Waals surface area contributed by atoms with Crippen LogP contribution in [0.1, 0.15) is 23.3 Å². The number of fused-ring (bicyclic) bond motifs is 3. The minimum atomic E-state index is -0.379. The van der Waals surface area contributed by atoms with Gasteiger partial charge in [-0.25, -0.2) is 0 Å². The third-order valence-electron chi connectivity index (χ3n) is 2.46. The highest BCUT2D eigenvalue weighted by molar-refractivity contribution is 5.41. The van der Waals surface area contributed by atoms with Gasteiger partial charge in [0.25, 0.3) is 0 Å². The van der Waals surface area contributed by atoms with Crippen molar-refractivity contribution in [2.24, 2.45) is 0 Å². The second kappa shape index (κ2) is 1.65. The third-order valence-corrected chi connectivity index (χ3v) is 2.46. The standard InChI is InChI=1S/C9H8O2/c10-7-5-3-1-2-4-6(5)8-9(7)11-8/h1-4,7-10H. The summed E-state index contributed by atoms with van der Waals surface area (Å²) in [6.45, 7) is 0. The van der Waals surface area contributed by atoms with Crippen LogP contribution in [0.25, 0.3) is 0 Å². The number of benzene rings is 1. The molecule has 0 saturated carbocycles. The highest BCUT2D eigenvalue weighted by Gasteiger charge is 2.53. The molecule has 0 radical (unpaired) electrons. The number of aliphatic hydroxyl groups excluding tert-OH is 1. The smallest absolute Gasteiger partial charge is 0.119 e. The van der Waals surface area contributed by atoms with Gasteiger partial charge in [0.15, 0.2) is 0 Å². The van der Waals surface area contributed by atoms with Gasteiger partial charge in [-0.3, -0.25) is 0 Å². The molecule has 3 atom stereocenters. The van der Waals surface area contributed by atoms with Crippen LogP contribution in [0.2, 0.25) is 0 Å². The molecule has 3 rings (SSSR count). The summed E-state index contributed by atoms with van der Waals surface area (Å²) in [7, 11) is 0. The SMILES string of the molecule is OC1c2ccccc2C2OC12. The molecule has 1 fully saturated rings. The molecule has 1 aromatic carbocycles. The number of hydrogen-bond donors (Lipinski definition) is 1. The van der Waals surface area contributed by atoms with Crippen LogP contribution in [-0.4, -0.2) is 11.2 Å². The van der Waals surface area contributed by atoms with Crippen LogP contribution in [0, 0.1) is 0 Å². The molecule has 2 aliphatic rings. The molecule has 1 aromatic rings. The van der Waals surface area contributed by atoms with Crippen LogP contribution in [0.3, 0.4) is 0 Å². The van der Waals surface area contributed by atoms with Gasteiger partial charge in [0, 0.05) is 0 Å². The lowest BCUT2D eigenvalue weighted by atomic mass is 10.1. The van der Waals surface area contributed by atoms with E-state index >= 15 is 0 Å². The van der Waals surface area contributed by atoms with Crippen molar-refractivity contribution in [3.05, 3.63) is 35.4 Å². The van der Waals surface area contributed by atoms with Crippen LogP contribution in [0.4, 0.5) is 0 Å². The molecule has 1 heterocycles. The summed E-state index contributed by atoms with van der Waals surface area (Å²) >= 11 is 0. The zero-order chi connectivity index (χ0) is 7.42. The van der Waals surface area contributed by atoms with E-state index in [1.807, 2.05) is 24.3 Å². The number of ether oxygens (including phenoxy) is 1. The zero-order valence-corrected chi connectivity index (χ0v) is 5.90. The van der Waals surface area contributed by atoms with Crippen molar-refractivity contribution in [2.75, 3.05) is 0 Å². The summed E-state index contributed by atoms with van der Waals surface area (Å²) < 4.78 is 5.24. The quantitative estimate of drug-likeness (QED) is 0.560. The maximum Gasteiger partial charge on any atom is 0.119 e. The molecule has 1 saturated heterocycles. The van der Waals surface area contributed by atoms with Crippen LogP contribution >= 0.6 is 0 Å². The fourth-order valence-electron chi connectivity index (χ4n) is 1.83. The molecule has 11 heavy (non-hydrogen) atoms. The van der Waals surface area contributed by atoms with E-state index in [0.29, 0.717) is 0 Å². The molecule has 2 heteroatoms. The Labute approximate surface area is 64.4 Å². The molecule has 1 N–H and O–H groups in total. The molecule has 0 amide bonds. The van der Waals surface area contributed by atoms with Crippen LogP contribution in [0.5, 0.6) is 0 Å². The second-order valence-corrected chi connectivity index (χ2v) is 3.10. The summed E-state index contributed by atoms with van der Waals surface area (Å²) in [5.74, 6) is 0. The molecule has 1 aliphatic heterocycles. The molecule has 1 aliphatic carbocycles. The Balaban J connectivity index is 2.22. The molecule has 2 nitrogen and oxygen atoms in total. The first-order valence-electron chi connectivity index (χ1n) is 3.80. The van der Waals surface area contributed by atoms with Gasteiger partial charge in [0.2, 0.25) is 0 Å². The first kappa shape index (κ1) is 5.75. The average Bonchev–Trinajstić information content (AvgIpc) is 2.78. The van der Waals surface area contributed by atoms with Crippen molar-refractivity contribution >= 4 is 0 Å². The molecular weight excluding hydrogens is 140 g/mol. The van der Waals surface area contributed by atoms with Crippen molar-refractivity contribution in [3.63, 3.8) is 0 Å². The Morgan fingerprint density at radius 1 is 1.18 bits per heavy atom. The second-order valence-electron chi connectivity index (χ2n) is 3.10. The first-order valence-corrected chi connectivity index (χ1v) is 3.80. The molecule has 0 aromatic heterocycles. The highest BCUT2D eigenvalue weighted by atomic mass is 16.6. The largest absolute Gasteiger partial charge is 0.386 e. The predicted octanol–water partition coefficient (Wildman–Crippen LogP) is 1.17. The average molecular weight is 148 g/mol. The minimum Gasteiger partial charge on any atom is -0.386 e. The summed E-state index contributed by atoms with van der Waals surface area (Å²) in [4.78, 5) is 0.